The van der Waals surface area contributed by atoms with Crippen LogP contribution in [-0.4, -0.2) is 45.9 Å². The molecule has 26 heavy (non-hydrogen) atoms. The topological polar surface area (TPSA) is 63.4 Å². The normalized spacial score (nSPS) is 15.0. The van der Waals surface area contributed by atoms with Crippen LogP contribution in [0.5, 0.6) is 5.75 Å². The van der Waals surface area contributed by atoms with Gasteiger partial charge in [-0.15, -0.1) is 0 Å². The summed E-state index contributed by atoms with van der Waals surface area (Å²) in [7, 11) is 1.77. The highest BCUT2D eigenvalue weighted by Gasteiger charge is 2.22. The van der Waals surface area contributed by atoms with E-state index in [1.807, 2.05) is 11.8 Å². The molecule has 0 saturated carbocycles. The molecule has 0 bridgehead atoms. The molecule has 3 aromatic rings. The maximum absolute atomic E-state index is 14.7. The van der Waals surface area contributed by atoms with E-state index in [2.05, 4.69) is 9.97 Å². The molecule has 1 fully saturated rings. The van der Waals surface area contributed by atoms with Gasteiger partial charge >= 0.3 is 0 Å². The van der Waals surface area contributed by atoms with E-state index >= 15 is 0 Å². The number of pyridine rings is 1. The summed E-state index contributed by atoms with van der Waals surface area (Å²) in [4.78, 5) is 10.9. The number of halogens is 2. The Labute approximate surface area is 154 Å². The number of benzene rings is 1. The fourth-order valence-corrected chi connectivity index (χ4v) is 3.58. The number of anilines is 1. The molecule has 1 aliphatic heterocycles. The molecule has 6 nitrogen and oxygen atoms in total. The largest absolute Gasteiger partial charge is 0.507 e. The van der Waals surface area contributed by atoms with Crippen molar-refractivity contribution in [1.29, 1.82) is 0 Å². The van der Waals surface area contributed by atoms with Crippen LogP contribution in [0.2, 0.25) is 5.02 Å². The first-order valence-corrected chi connectivity index (χ1v) is 8.68. The molecule has 136 valence electrons. The maximum Gasteiger partial charge on any atom is 0.180 e. The summed E-state index contributed by atoms with van der Waals surface area (Å²) >= 11 is 5.99. The summed E-state index contributed by atoms with van der Waals surface area (Å²) in [6, 6.07) is 4.66. The number of fused-ring (bicyclic) bond motifs is 1. The molecule has 4 rings (SSSR count). The van der Waals surface area contributed by atoms with E-state index in [0.717, 1.165) is 5.56 Å². The maximum atomic E-state index is 14.7. The standard InChI is InChI=1S/C18H18ClFN4O2/c1-10-7-11(19)8-14(25)15(10)18-22-16-13(23(18)2)9-12(20)17(21-16)24-3-5-26-6-4-24/h7-9,25H,3-6H2,1-2H3. The lowest BCUT2D eigenvalue weighted by Crippen LogP contribution is -2.37. The molecular formula is C18H18ClFN4O2. The highest BCUT2D eigenvalue weighted by molar-refractivity contribution is 6.31. The summed E-state index contributed by atoms with van der Waals surface area (Å²) in [6.45, 7) is 4.11. The van der Waals surface area contributed by atoms with Crippen LogP contribution in [0.4, 0.5) is 10.2 Å². The van der Waals surface area contributed by atoms with Crippen molar-refractivity contribution in [3.05, 3.63) is 34.6 Å². The van der Waals surface area contributed by atoms with Gasteiger partial charge < -0.3 is 19.3 Å². The number of hydrogen-bond donors (Lipinski definition) is 1. The molecule has 0 radical (unpaired) electrons. The Morgan fingerprint density at radius 2 is 1.92 bits per heavy atom. The smallest absolute Gasteiger partial charge is 0.180 e. The van der Waals surface area contributed by atoms with E-state index in [1.165, 1.54) is 12.1 Å². The number of ether oxygens (including phenoxy) is 1. The van der Waals surface area contributed by atoms with E-state index in [0.29, 0.717) is 53.9 Å². The number of phenols is 1. The van der Waals surface area contributed by atoms with Crippen LogP contribution < -0.4 is 4.90 Å². The van der Waals surface area contributed by atoms with E-state index < -0.39 is 5.82 Å². The molecule has 3 heterocycles. The molecule has 1 N–H and O–H groups in total. The quantitative estimate of drug-likeness (QED) is 0.743. The zero-order chi connectivity index (χ0) is 18.4. The van der Waals surface area contributed by atoms with Crippen molar-refractivity contribution in [3.63, 3.8) is 0 Å². The predicted octanol–water partition coefficient (Wildman–Crippen LogP) is 3.28. The van der Waals surface area contributed by atoms with Gasteiger partial charge in [-0.3, -0.25) is 0 Å². The minimum atomic E-state index is -0.397. The number of rotatable bonds is 2. The Bertz CT molecular complexity index is 976. The lowest BCUT2D eigenvalue weighted by molar-refractivity contribution is 0.122. The number of aromatic hydroxyl groups is 1. The Hall–Kier alpha value is -2.38. The fraction of sp³-hybridized carbons (Fsp3) is 0.333. The van der Waals surface area contributed by atoms with E-state index in [-0.39, 0.29) is 11.6 Å². The van der Waals surface area contributed by atoms with Gasteiger partial charge in [0, 0.05) is 31.2 Å². The lowest BCUT2D eigenvalue weighted by Gasteiger charge is -2.27. The van der Waals surface area contributed by atoms with Crippen molar-refractivity contribution >= 4 is 28.6 Å². The van der Waals surface area contributed by atoms with Gasteiger partial charge in [0.15, 0.2) is 17.3 Å². The average molecular weight is 377 g/mol. The van der Waals surface area contributed by atoms with Gasteiger partial charge in [0.05, 0.1) is 24.3 Å². The Kier molecular flexibility index (Phi) is 4.20. The molecule has 0 atom stereocenters. The van der Waals surface area contributed by atoms with Crippen LogP contribution >= 0.6 is 11.6 Å². The van der Waals surface area contributed by atoms with Gasteiger partial charge in [0.2, 0.25) is 0 Å². The zero-order valence-corrected chi connectivity index (χ0v) is 15.2. The van der Waals surface area contributed by atoms with Crippen molar-refractivity contribution in [3.8, 4) is 17.1 Å². The van der Waals surface area contributed by atoms with Gasteiger partial charge in [-0.05, 0) is 24.6 Å². The molecule has 8 heteroatoms. The van der Waals surface area contributed by atoms with Gasteiger partial charge in [0.1, 0.15) is 11.6 Å². The predicted molar refractivity (Wildman–Crippen MR) is 98.3 cm³/mol. The van der Waals surface area contributed by atoms with Crippen LogP contribution in [0, 0.1) is 12.7 Å². The number of aryl methyl sites for hydroxylation is 2. The van der Waals surface area contributed by atoms with E-state index in [9.17, 15) is 9.50 Å². The number of phenolic OH excluding ortho intramolecular Hbond substituents is 1. The van der Waals surface area contributed by atoms with Crippen molar-refractivity contribution in [1.82, 2.24) is 14.5 Å². The Morgan fingerprint density at radius 3 is 2.62 bits per heavy atom. The second-order valence-corrected chi connectivity index (χ2v) is 6.78. The lowest BCUT2D eigenvalue weighted by atomic mass is 10.1. The van der Waals surface area contributed by atoms with Crippen molar-refractivity contribution in [2.45, 2.75) is 6.92 Å². The number of imidazole rings is 1. The fourth-order valence-electron chi connectivity index (χ4n) is 3.32. The van der Waals surface area contributed by atoms with Gasteiger partial charge in [-0.1, -0.05) is 11.6 Å². The van der Waals surface area contributed by atoms with Gasteiger partial charge in [-0.2, -0.15) is 0 Å². The highest BCUT2D eigenvalue weighted by atomic mass is 35.5. The summed E-state index contributed by atoms with van der Waals surface area (Å²) in [5.74, 6) is 0.425. The monoisotopic (exact) mass is 376 g/mol. The third kappa shape index (κ3) is 2.77. The molecule has 0 aliphatic carbocycles. The van der Waals surface area contributed by atoms with Crippen LogP contribution in [0.15, 0.2) is 18.2 Å². The first-order chi connectivity index (χ1) is 12.5. The zero-order valence-electron chi connectivity index (χ0n) is 14.5. The Balaban J connectivity index is 1.87. The molecule has 0 spiro atoms. The van der Waals surface area contributed by atoms with Gasteiger partial charge in [0.25, 0.3) is 0 Å². The van der Waals surface area contributed by atoms with Crippen molar-refractivity contribution in [2.75, 3.05) is 31.2 Å². The molecule has 1 aliphatic rings. The Morgan fingerprint density at radius 1 is 1.19 bits per heavy atom. The van der Waals surface area contributed by atoms with Crippen LogP contribution in [0.25, 0.3) is 22.6 Å². The summed E-state index contributed by atoms with van der Waals surface area (Å²) in [6.07, 6.45) is 0. The molecule has 1 aromatic carbocycles. The van der Waals surface area contributed by atoms with Gasteiger partial charge in [-0.25, -0.2) is 14.4 Å². The van der Waals surface area contributed by atoms with E-state index in [1.54, 1.807) is 17.7 Å². The SMILES string of the molecule is Cc1cc(Cl)cc(O)c1-c1nc2nc(N3CCOCC3)c(F)cc2n1C. The second kappa shape index (κ2) is 6.41. The minimum absolute atomic E-state index is 0.0299. The summed E-state index contributed by atoms with van der Waals surface area (Å²) in [5.41, 5.74) is 2.33. The number of nitrogens with zero attached hydrogens (tertiary/aromatic N) is 4. The van der Waals surface area contributed by atoms with E-state index in [4.69, 9.17) is 16.3 Å². The summed E-state index contributed by atoms with van der Waals surface area (Å²) in [5, 5.41) is 10.8. The highest BCUT2D eigenvalue weighted by Crippen LogP contribution is 2.36. The van der Waals surface area contributed by atoms with Crippen molar-refractivity contribution in [2.24, 2.45) is 7.05 Å². The number of morpholine rings is 1. The third-order valence-electron chi connectivity index (χ3n) is 4.62. The van der Waals surface area contributed by atoms with Crippen LogP contribution in [-0.2, 0) is 11.8 Å². The van der Waals surface area contributed by atoms with Crippen LogP contribution in [0.3, 0.4) is 0 Å². The average Bonchev–Trinajstić information content (AvgIpc) is 2.90. The molecule has 0 amide bonds. The first-order valence-electron chi connectivity index (χ1n) is 8.31. The molecule has 0 unspecified atom stereocenters. The molecule has 2 aromatic heterocycles. The number of hydrogen-bond acceptors (Lipinski definition) is 5. The molecular weight excluding hydrogens is 359 g/mol. The third-order valence-corrected chi connectivity index (χ3v) is 4.84. The first kappa shape index (κ1) is 17.1. The number of aromatic nitrogens is 3. The van der Waals surface area contributed by atoms with Crippen LogP contribution in [0.1, 0.15) is 5.56 Å². The second-order valence-electron chi connectivity index (χ2n) is 6.35. The van der Waals surface area contributed by atoms with Crippen molar-refractivity contribution < 1.29 is 14.2 Å². The molecule has 1 saturated heterocycles. The minimum Gasteiger partial charge on any atom is -0.507 e. The summed E-state index contributed by atoms with van der Waals surface area (Å²) < 4.78 is 21.7.